The number of carbonyl (C=O) groups excluding carboxylic acids is 2. The maximum atomic E-state index is 14.2. The molecule has 3 saturated carbocycles. The summed E-state index contributed by atoms with van der Waals surface area (Å²) in [6.07, 6.45) is 0. The van der Waals surface area contributed by atoms with Gasteiger partial charge in [-0.25, -0.2) is 0 Å². The molecule has 0 aromatic heterocycles. The van der Waals surface area contributed by atoms with Crippen molar-refractivity contribution in [1.29, 1.82) is 0 Å². The molecule has 0 spiro atoms. The molecule has 0 amide bonds. The van der Waals surface area contributed by atoms with Gasteiger partial charge in [0.1, 0.15) is 0 Å². The first-order chi connectivity index (χ1) is 15.9. The Morgan fingerprint density at radius 1 is 0.417 bits per heavy atom. The lowest BCUT2D eigenvalue weighted by Gasteiger charge is -2.62. The summed E-state index contributed by atoms with van der Waals surface area (Å²) in [5.74, 6) is -4.05. The van der Waals surface area contributed by atoms with E-state index >= 15 is 0 Å². The monoisotopic (exact) mass is 652 g/mol. The molecule has 0 radical (unpaired) electrons. The predicted molar refractivity (Wildman–Crippen MR) is 151 cm³/mol. The molecule has 0 aliphatic heterocycles. The van der Waals surface area contributed by atoms with E-state index in [1.165, 1.54) is 0 Å². The third-order valence-electron chi connectivity index (χ3n) is 11.7. The summed E-state index contributed by atoms with van der Waals surface area (Å²) in [7, 11) is 0. The van der Waals surface area contributed by atoms with Gasteiger partial charge in [0.15, 0.2) is 28.9 Å². The minimum atomic E-state index is -1.97. The number of alkyl halides is 8. The van der Waals surface area contributed by atoms with E-state index in [0.29, 0.717) is 0 Å². The fraction of sp³-hybridized carbons (Fsp3) is 0.769. The number of Topliss-reactive ketones (excluding diaryl/α,β-unsaturated/α-hetero) is 2. The molecule has 0 aromatic carbocycles. The Bertz CT molecular complexity index is 1050. The van der Waals surface area contributed by atoms with Crippen molar-refractivity contribution in [2.75, 3.05) is 0 Å². The van der Waals surface area contributed by atoms with Crippen LogP contribution in [0.15, 0.2) is 22.3 Å². The molecule has 0 aromatic rings. The number of halogens is 8. The topological polar surface area (TPSA) is 34.1 Å². The van der Waals surface area contributed by atoms with Crippen LogP contribution in [0.1, 0.15) is 55.4 Å². The SMILES string of the molecule is CC1=C(C)[C@@]2(C)C(=O)[C@@]1(C)[C@@H]1[C@@H]2C(Cl)(Cl)C(Cl)(Cl)[C@@H]2[C@H](C(Cl)(Cl)C1(Cl)Cl)[C@@]1(C)C(=O)[C@@]2(C)C(C)=C1C. The third-order valence-corrected chi connectivity index (χ3v) is 16.8. The molecule has 5 aliphatic carbocycles. The zero-order chi connectivity index (χ0) is 27.8. The fourth-order valence-corrected chi connectivity index (χ4v) is 13.0. The maximum Gasteiger partial charge on any atom is 0.155 e. The van der Waals surface area contributed by atoms with Crippen molar-refractivity contribution in [3.05, 3.63) is 22.3 Å². The van der Waals surface area contributed by atoms with Crippen LogP contribution >= 0.6 is 92.8 Å². The van der Waals surface area contributed by atoms with Crippen LogP contribution in [0.25, 0.3) is 0 Å². The molecule has 0 saturated heterocycles. The van der Waals surface area contributed by atoms with Gasteiger partial charge in [0, 0.05) is 23.7 Å². The lowest BCUT2D eigenvalue weighted by atomic mass is 9.54. The van der Waals surface area contributed by atoms with Gasteiger partial charge < -0.3 is 0 Å². The Balaban J connectivity index is 1.94. The summed E-state index contributed by atoms with van der Waals surface area (Å²) < 4.78 is -7.87. The first-order valence-corrected chi connectivity index (χ1v) is 14.9. The number of fused-ring (bicyclic) bond motifs is 10. The lowest BCUT2D eigenvalue weighted by molar-refractivity contribution is -0.130. The van der Waals surface area contributed by atoms with Crippen molar-refractivity contribution < 1.29 is 9.59 Å². The summed E-state index contributed by atoms with van der Waals surface area (Å²) in [4.78, 5) is 28.4. The first-order valence-electron chi connectivity index (χ1n) is 11.9. The Morgan fingerprint density at radius 2 is 0.556 bits per heavy atom. The normalized spacial score (nSPS) is 51.4. The standard InChI is InChI=1S/C26H28Cl8O2/c1-9-10(2)20(6)14-13(19(9,5)17(20)35)23(27,28)25(31,32)15-16(26(33,34)24(14,29)30)22(8)12(4)11(3)21(15,7)18(22)36/h13-16H,1-8H3/t13-,14-,15-,16+,19+,20+,21-,22-/m0/s1. The van der Waals surface area contributed by atoms with Gasteiger partial charge in [-0.3, -0.25) is 9.59 Å². The lowest BCUT2D eigenvalue weighted by Crippen LogP contribution is -2.69. The second-order valence-corrected chi connectivity index (χ2v) is 17.9. The number of ketones is 2. The number of hydrogen-bond acceptors (Lipinski definition) is 2. The van der Waals surface area contributed by atoms with E-state index < -0.39 is 62.7 Å². The molecule has 36 heavy (non-hydrogen) atoms. The molecular weight excluding hydrogens is 628 g/mol. The summed E-state index contributed by atoms with van der Waals surface area (Å²) >= 11 is 58.6. The quantitative estimate of drug-likeness (QED) is 0.193. The van der Waals surface area contributed by atoms with Crippen molar-refractivity contribution in [3.63, 3.8) is 0 Å². The van der Waals surface area contributed by atoms with Crippen LogP contribution in [0.5, 0.6) is 0 Å². The van der Waals surface area contributed by atoms with Gasteiger partial charge in [-0.05, 0) is 55.4 Å². The maximum absolute atomic E-state index is 14.2. The second kappa shape index (κ2) is 7.13. The smallest absolute Gasteiger partial charge is 0.155 e. The van der Waals surface area contributed by atoms with Gasteiger partial charge >= 0.3 is 0 Å². The molecule has 8 atom stereocenters. The van der Waals surface area contributed by atoms with Crippen LogP contribution in [0, 0.1) is 45.3 Å². The zero-order valence-corrected chi connectivity index (χ0v) is 27.2. The summed E-state index contributed by atoms with van der Waals surface area (Å²) in [5, 5.41) is 0. The highest BCUT2D eigenvalue weighted by molar-refractivity contribution is 6.65. The van der Waals surface area contributed by atoms with Crippen LogP contribution in [0.3, 0.4) is 0 Å². The Hall–Kier alpha value is 1.14. The molecule has 0 heterocycles. The number of hydrogen-bond donors (Lipinski definition) is 0. The minimum Gasteiger partial charge on any atom is -0.298 e. The fourth-order valence-electron chi connectivity index (χ4n) is 9.27. The average Bonchev–Trinajstić information content (AvgIpc) is 3.19. The second-order valence-electron chi connectivity index (χ2n) is 12.4. The molecule has 10 heteroatoms. The van der Waals surface area contributed by atoms with Gasteiger partial charge in [-0.1, -0.05) is 115 Å². The number of rotatable bonds is 0. The van der Waals surface area contributed by atoms with Gasteiger partial charge in [-0.15, -0.1) is 0 Å². The highest BCUT2D eigenvalue weighted by atomic mass is 35.5. The van der Waals surface area contributed by atoms with E-state index in [2.05, 4.69) is 0 Å². The predicted octanol–water partition coefficient (Wildman–Crippen LogP) is 9.05. The highest BCUT2D eigenvalue weighted by Crippen LogP contribution is 2.84. The van der Waals surface area contributed by atoms with Crippen LogP contribution in [-0.2, 0) is 9.59 Å². The van der Waals surface area contributed by atoms with Crippen molar-refractivity contribution >= 4 is 104 Å². The molecule has 0 unspecified atom stereocenters. The van der Waals surface area contributed by atoms with Gasteiger partial charge in [0.2, 0.25) is 0 Å². The van der Waals surface area contributed by atoms with Crippen LogP contribution < -0.4 is 0 Å². The van der Waals surface area contributed by atoms with E-state index in [0.717, 1.165) is 22.3 Å². The molecule has 5 aliphatic rings. The van der Waals surface area contributed by atoms with E-state index in [4.69, 9.17) is 92.8 Å². The molecule has 3 fully saturated rings. The Kier molecular flexibility index (Phi) is 5.67. The molecule has 0 N–H and O–H groups in total. The Morgan fingerprint density at radius 3 is 0.694 bits per heavy atom. The minimum absolute atomic E-state index is 0.126. The molecule has 2 nitrogen and oxygen atoms in total. The molecular formula is C26H28Cl8O2. The molecule has 5 rings (SSSR count). The largest absolute Gasteiger partial charge is 0.298 e. The van der Waals surface area contributed by atoms with Gasteiger partial charge in [0.25, 0.3) is 0 Å². The Labute approximate surface area is 252 Å². The van der Waals surface area contributed by atoms with Crippen molar-refractivity contribution in [1.82, 2.24) is 0 Å². The molecule has 4 bridgehead atoms. The van der Waals surface area contributed by atoms with E-state index in [1.54, 1.807) is 27.7 Å². The van der Waals surface area contributed by atoms with Crippen molar-refractivity contribution in [3.8, 4) is 0 Å². The van der Waals surface area contributed by atoms with E-state index in [9.17, 15) is 9.59 Å². The number of allylic oxidation sites excluding steroid dienone is 4. The van der Waals surface area contributed by atoms with E-state index in [-0.39, 0.29) is 11.6 Å². The summed E-state index contributed by atoms with van der Waals surface area (Å²) in [5.41, 5.74) is -1.45. The summed E-state index contributed by atoms with van der Waals surface area (Å²) in [6, 6.07) is 0. The van der Waals surface area contributed by atoms with Crippen LogP contribution in [0.4, 0.5) is 0 Å². The number of carbonyl (C=O) groups is 2. The average molecular weight is 656 g/mol. The van der Waals surface area contributed by atoms with Crippen LogP contribution in [-0.4, -0.2) is 28.9 Å². The zero-order valence-electron chi connectivity index (χ0n) is 21.1. The molecule has 200 valence electrons. The van der Waals surface area contributed by atoms with E-state index in [1.807, 2.05) is 27.7 Å². The first kappa shape index (κ1) is 28.7. The van der Waals surface area contributed by atoms with Crippen LogP contribution in [0.2, 0.25) is 0 Å². The van der Waals surface area contributed by atoms with Crippen molar-refractivity contribution in [2.45, 2.75) is 72.7 Å². The van der Waals surface area contributed by atoms with Crippen molar-refractivity contribution in [2.24, 2.45) is 45.3 Å². The highest BCUT2D eigenvalue weighted by Gasteiger charge is 2.88. The third kappa shape index (κ3) is 2.38. The van der Waals surface area contributed by atoms with Gasteiger partial charge in [-0.2, -0.15) is 0 Å². The summed E-state index contributed by atoms with van der Waals surface area (Å²) in [6.45, 7) is 14.6. The van der Waals surface area contributed by atoms with Gasteiger partial charge in [0.05, 0.1) is 21.7 Å².